The molecule has 1 aromatic rings. The number of nitrogens with zero attached hydrogens (tertiary/aromatic N) is 1. The number of amides is 1. The number of benzene rings is 1. The molecule has 3 aliphatic rings. The fourth-order valence-electron chi connectivity index (χ4n) is 3.09. The lowest BCUT2D eigenvalue weighted by Crippen LogP contribution is -2.43. The van der Waals surface area contributed by atoms with Crippen LogP contribution in [-0.4, -0.2) is 55.7 Å². The molecule has 8 heteroatoms. The molecule has 0 bridgehead atoms. The second-order valence-corrected chi connectivity index (χ2v) is 6.09. The SMILES string of the molecule is O=C1CCC(C(=O)N(Cc2ccc3c(c2)OCO3)CC2OCCO2)O1. The van der Waals surface area contributed by atoms with Gasteiger partial charge in [-0.05, 0) is 17.7 Å². The van der Waals surface area contributed by atoms with Crippen LogP contribution >= 0.6 is 0 Å². The van der Waals surface area contributed by atoms with Crippen LogP contribution in [0.4, 0.5) is 0 Å². The predicted octanol–water partition coefficient (Wildman–Crippen LogP) is 0.822. The average Bonchev–Trinajstić information content (AvgIpc) is 3.34. The van der Waals surface area contributed by atoms with Crippen LogP contribution in [0.25, 0.3) is 0 Å². The average molecular weight is 349 g/mol. The van der Waals surface area contributed by atoms with Crippen molar-refractivity contribution in [2.75, 3.05) is 26.6 Å². The molecule has 2 saturated heterocycles. The maximum absolute atomic E-state index is 12.8. The number of rotatable bonds is 5. The summed E-state index contributed by atoms with van der Waals surface area (Å²) in [5.41, 5.74) is 0.889. The smallest absolute Gasteiger partial charge is 0.306 e. The van der Waals surface area contributed by atoms with Crippen LogP contribution in [0, 0.1) is 0 Å². The highest BCUT2D eigenvalue weighted by Gasteiger charge is 2.35. The van der Waals surface area contributed by atoms with Gasteiger partial charge in [0.1, 0.15) is 0 Å². The van der Waals surface area contributed by atoms with Crippen LogP contribution in [-0.2, 0) is 30.3 Å². The van der Waals surface area contributed by atoms with Crippen molar-refractivity contribution in [2.24, 2.45) is 0 Å². The zero-order valence-corrected chi connectivity index (χ0v) is 13.6. The molecule has 0 aliphatic carbocycles. The Labute approximate surface area is 144 Å². The van der Waals surface area contributed by atoms with Gasteiger partial charge < -0.3 is 28.6 Å². The molecule has 0 radical (unpaired) electrons. The summed E-state index contributed by atoms with van der Waals surface area (Å²) < 4.78 is 26.7. The third-order valence-corrected chi connectivity index (χ3v) is 4.34. The van der Waals surface area contributed by atoms with Gasteiger partial charge in [-0.3, -0.25) is 9.59 Å². The van der Waals surface area contributed by atoms with Crippen LogP contribution in [0.15, 0.2) is 18.2 Å². The minimum atomic E-state index is -0.733. The molecular weight excluding hydrogens is 330 g/mol. The Bertz CT molecular complexity index is 671. The van der Waals surface area contributed by atoms with Crippen LogP contribution in [0.3, 0.4) is 0 Å². The second kappa shape index (κ2) is 6.89. The second-order valence-electron chi connectivity index (χ2n) is 6.09. The van der Waals surface area contributed by atoms with Gasteiger partial charge in [-0.25, -0.2) is 0 Å². The first-order chi connectivity index (χ1) is 12.2. The molecule has 4 rings (SSSR count). The van der Waals surface area contributed by atoms with Crippen molar-refractivity contribution in [3.05, 3.63) is 23.8 Å². The minimum Gasteiger partial charge on any atom is -0.454 e. The monoisotopic (exact) mass is 349 g/mol. The zero-order chi connectivity index (χ0) is 17.2. The van der Waals surface area contributed by atoms with Crippen molar-refractivity contribution in [1.82, 2.24) is 4.90 Å². The van der Waals surface area contributed by atoms with Crippen LogP contribution in [0.5, 0.6) is 11.5 Å². The molecule has 1 aromatic carbocycles. The molecule has 0 N–H and O–H groups in total. The lowest BCUT2D eigenvalue weighted by molar-refractivity contribution is -0.156. The van der Waals surface area contributed by atoms with Crippen molar-refractivity contribution < 1.29 is 33.3 Å². The summed E-state index contributed by atoms with van der Waals surface area (Å²) in [6.45, 7) is 1.83. The first kappa shape index (κ1) is 16.2. The Morgan fingerprint density at radius 3 is 2.72 bits per heavy atom. The number of hydrogen-bond acceptors (Lipinski definition) is 7. The van der Waals surface area contributed by atoms with E-state index in [1.54, 1.807) is 4.90 Å². The summed E-state index contributed by atoms with van der Waals surface area (Å²) in [5, 5.41) is 0. The number of carbonyl (C=O) groups is 2. The zero-order valence-electron chi connectivity index (χ0n) is 13.6. The van der Waals surface area contributed by atoms with Crippen molar-refractivity contribution in [1.29, 1.82) is 0 Å². The van der Waals surface area contributed by atoms with E-state index in [1.165, 1.54) is 0 Å². The summed E-state index contributed by atoms with van der Waals surface area (Å²) >= 11 is 0. The van der Waals surface area contributed by atoms with Gasteiger partial charge in [0, 0.05) is 19.4 Å². The summed E-state index contributed by atoms with van der Waals surface area (Å²) in [6, 6.07) is 5.54. The molecule has 3 aliphatic heterocycles. The summed E-state index contributed by atoms with van der Waals surface area (Å²) in [4.78, 5) is 25.7. The van der Waals surface area contributed by atoms with E-state index in [2.05, 4.69) is 0 Å². The van der Waals surface area contributed by atoms with Crippen molar-refractivity contribution in [3.8, 4) is 11.5 Å². The van der Waals surface area contributed by atoms with Crippen molar-refractivity contribution >= 4 is 11.9 Å². The maximum Gasteiger partial charge on any atom is 0.306 e. The molecule has 0 spiro atoms. The molecule has 2 fully saturated rings. The van der Waals surface area contributed by atoms with Gasteiger partial charge in [-0.15, -0.1) is 0 Å². The van der Waals surface area contributed by atoms with E-state index in [0.29, 0.717) is 37.7 Å². The predicted molar refractivity (Wildman–Crippen MR) is 82.8 cm³/mol. The number of carbonyl (C=O) groups excluding carboxylic acids is 2. The molecule has 1 unspecified atom stereocenters. The van der Waals surface area contributed by atoms with Crippen LogP contribution in [0.1, 0.15) is 18.4 Å². The first-order valence-electron chi connectivity index (χ1n) is 8.29. The van der Waals surface area contributed by atoms with Crippen LogP contribution < -0.4 is 9.47 Å². The normalized spacial score (nSPS) is 22.2. The van der Waals surface area contributed by atoms with E-state index in [0.717, 1.165) is 5.56 Å². The van der Waals surface area contributed by atoms with Gasteiger partial charge >= 0.3 is 5.97 Å². The van der Waals surface area contributed by atoms with E-state index < -0.39 is 12.4 Å². The van der Waals surface area contributed by atoms with Gasteiger partial charge in [-0.2, -0.15) is 0 Å². The lowest BCUT2D eigenvalue weighted by Gasteiger charge is -2.27. The highest BCUT2D eigenvalue weighted by atomic mass is 16.7. The standard InChI is InChI=1S/C17H19NO7/c19-15-4-3-13(25-15)17(20)18(9-16-21-5-6-22-16)8-11-1-2-12-14(7-11)24-10-23-12/h1-2,7,13,16H,3-6,8-10H2. The quantitative estimate of drug-likeness (QED) is 0.728. The van der Waals surface area contributed by atoms with E-state index in [9.17, 15) is 9.59 Å². The fraction of sp³-hybridized carbons (Fsp3) is 0.529. The number of esters is 1. The Kier molecular flexibility index (Phi) is 4.46. The van der Waals surface area contributed by atoms with E-state index >= 15 is 0 Å². The molecule has 1 atom stereocenters. The van der Waals surface area contributed by atoms with Gasteiger partial charge in [0.15, 0.2) is 23.9 Å². The Balaban J connectivity index is 1.49. The topological polar surface area (TPSA) is 83.5 Å². The van der Waals surface area contributed by atoms with Gasteiger partial charge in [-0.1, -0.05) is 6.07 Å². The molecule has 1 amide bonds. The highest BCUT2D eigenvalue weighted by molar-refractivity contribution is 5.86. The Hall–Kier alpha value is -2.32. The van der Waals surface area contributed by atoms with Gasteiger partial charge in [0.05, 0.1) is 19.8 Å². The van der Waals surface area contributed by atoms with Gasteiger partial charge in [0.25, 0.3) is 5.91 Å². The van der Waals surface area contributed by atoms with E-state index in [4.69, 9.17) is 23.7 Å². The number of cyclic esters (lactones) is 1. The third kappa shape index (κ3) is 3.54. The van der Waals surface area contributed by atoms with Crippen molar-refractivity contribution in [3.63, 3.8) is 0 Å². The Morgan fingerprint density at radius 1 is 1.16 bits per heavy atom. The third-order valence-electron chi connectivity index (χ3n) is 4.34. The molecule has 3 heterocycles. The molecule has 0 saturated carbocycles. The van der Waals surface area contributed by atoms with E-state index in [-0.39, 0.29) is 31.6 Å². The molecular formula is C17H19NO7. The first-order valence-corrected chi connectivity index (χ1v) is 8.29. The highest BCUT2D eigenvalue weighted by Crippen LogP contribution is 2.33. The summed E-state index contributed by atoms with van der Waals surface area (Å²) in [5.74, 6) is 0.775. The fourth-order valence-corrected chi connectivity index (χ4v) is 3.09. The van der Waals surface area contributed by atoms with Crippen molar-refractivity contribution in [2.45, 2.75) is 31.8 Å². The number of ether oxygens (including phenoxy) is 5. The van der Waals surface area contributed by atoms with E-state index in [1.807, 2.05) is 18.2 Å². The molecule has 134 valence electrons. The largest absolute Gasteiger partial charge is 0.454 e. The summed E-state index contributed by atoms with van der Waals surface area (Å²) in [6.07, 6.45) is -0.523. The summed E-state index contributed by atoms with van der Waals surface area (Å²) in [7, 11) is 0. The number of hydrogen-bond donors (Lipinski definition) is 0. The minimum absolute atomic E-state index is 0.198. The Morgan fingerprint density at radius 2 is 1.96 bits per heavy atom. The molecule has 0 aromatic heterocycles. The molecule has 8 nitrogen and oxygen atoms in total. The van der Waals surface area contributed by atoms with Crippen LogP contribution in [0.2, 0.25) is 0 Å². The maximum atomic E-state index is 12.8. The van der Waals surface area contributed by atoms with Gasteiger partial charge in [0.2, 0.25) is 6.79 Å². The number of fused-ring (bicyclic) bond motifs is 1. The lowest BCUT2D eigenvalue weighted by atomic mass is 10.1. The molecule has 25 heavy (non-hydrogen) atoms.